The van der Waals surface area contributed by atoms with Gasteiger partial charge in [-0.3, -0.25) is 9.59 Å². The molecule has 0 radical (unpaired) electrons. The number of rotatable bonds is 5. The number of aryl methyl sites for hydroxylation is 2. The molecule has 3 aromatic rings. The van der Waals surface area contributed by atoms with Gasteiger partial charge in [0.15, 0.2) is 17.6 Å². The molecule has 4 heterocycles. The number of aromatic nitrogens is 2. The monoisotopic (exact) mass is 496 g/mol. The first-order chi connectivity index (χ1) is 16.9. The Morgan fingerprint density at radius 1 is 1.14 bits per heavy atom. The molecule has 2 aliphatic rings. The summed E-state index contributed by atoms with van der Waals surface area (Å²) in [6.07, 6.45) is 1.98. The van der Waals surface area contributed by atoms with E-state index in [1.54, 1.807) is 42.8 Å². The van der Waals surface area contributed by atoms with Gasteiger partial charge in [-0.1, -0.05) is 0 Å². The number of carbonyl (C=O) groups excluding carboxylic acids is 2. The van der Waals surface area contributed by atoms with Crippen molar-refractivity contribution in [1.82, 2.24) is 9.97 Å². The summed E-state index contributed by atoms with van der Waals surface area (Å²) in [5, 5.41) is 3.88. The molecule has 1 fully saturated rings. The van der Waals surface area contributed by atoms with Crippen LogP contribution in [0.4, 0.5) is 11.5 Å². The van der Waals surface area contributed by atoms with Crippen LogP contribution in [0.1, 0.15) is 30.2 Å². The number of nitrogens with one attached hydrogen (secondary N) is 1. The van der Waals surface area contributed by atoms with Crippen LogP contribution in [0.3, 0.4) is 0 Å². The third kappa shape index (κ3) is 4.75. The second-order valence-electron chi connectivity index (χ2n) is 8.85. The summed E-state index contributed by atoms with van der Waals surface area (Å²) in [5.41, 5.74) is 1.77. The first-order valence-corrected chi connectivity index (χ1v) is 12.6. The number of fused-ring (bicyclic) bond motifs is 2. The average Bonchev–Trinajstić information content (AvgIpc) is 3.17. The van der Waals surface area contributed by atoms with E-state index < -0.39 is 6.10 Å². The summed E-state index contributed by atoms with van der Waals surface area (Å²) in [5.74, 6) is 1.17. The molecule has 184 valence electrons. The van der Waals surface area contributed by atoms with Gasteiger partial charge in [-0.25, -0.2) is 9.97 Å². The maximum Gasteiger partial charge on any atom is 0.309 e. The van der Waals surface area contributed by atoms with E-state index in [1.807, 2.05) is 0 Å². The van der Waals surface area contributed by atoms with Crippen molar-refractivity contribution in [2.75, 3.05) is 36.5 Å². The van der Waals surface area contributed by atoms with Gasteiger partial charge in [0, 0.05) is 29.7 Å². The zero-order chi connectivity index (χ0) is 24.5. The minimum atomic E-state index is -0.911. The third-order valence-corrected chi connectivity index (χ3v) is 7.66. The van der Waals surface area contributed by atoms with E-state index in [-0.39, 0.29) is 17.8 Å². The van der Waals surface area contributed by atoms with Crippen molar-refractivity contribution < 1.29 is 23.8 Å². The van der Waals surface area contributed by atoms with Gasteiger partial charge < -0.3 is 24.4 Å². The number of ether oxygens (including phenoxy) is 3. The van der Waals surface area contributed by atoms with E-state index in [9.17, 15) is 9.59 Å². The zero-order valence-corrected chi connectivity index (χ0v) is 20.8. The van der Waals surface area contributed by atoms with Crippen molar-refractivity contribution in [2.45, 2.75) is 39.7 Å². The molecule has 0 aliphatic carbocycles. The first kappa shape index (κ1) is 23.3. The van der Waals surface area contributed by atoms with Crippen molar-refractivity contribution >= 4 is 44.9 Å². The standard InChI is InChI=1S/C25H28N4O5S/c1-14-16(3)35-24-21(14)22(26-13-27-24)29-8-6-17(7-9-29)25(31)34-15(2)23(30)28-18-4-5-19-20(12-18)33-11-10-32-19/h4-5,12-13,15,17H,6-11H2,1-3H3,(H,28,30)/t15-/m1/s1. The van der Waals surface area contributed by atoms with Gasteiger partial charge in [0.1, 0.15) is 30.2 Å². The van der Waals surface area contributed by atoms with Crippen molar-refractivity contribution in [3.8, 4) is 11.5 Å². The Kier molecular flexibility index (Phi) is 6.46. The van der Waals surface area contributed by atoms with Crippen LogP contribution in [-0.4, -0.2) is 54.3 Å². The largest absolute Gasteiger partial charge is 0.486 e. The number of hydrogen-bond donors (Lipinski definition) is 1. The highest BCUT2D eigenvalue weighted by atomic mass is 32.1. The molecule has 5 rings (SSSR count). The van der Waals surface area contributed by atoms with E-state index >= 15 is 0 Å². The Balaban J connectivity index is 1.16. The van der Waals surface area contributed by atoms with Gasteiger partial charge in [0.25, 0.3) is 5.91 Å². The fourth-order valence-corrected chi connectivity index (χ4v) is 5.41. The zero-order valence-electron chi connectivity index (χ0n) is 20.0. The molecule has 0 bridgehead atoms. The third-order valence-electron chi connectivity index (χ3n) is 6.55. The average molecular weight is 497 g/mol. The maximum atomic E-state index is 12.8. The number of carbonyl (C=O) groups is 2. The number of benzene rings is 1. The van der Waals surface area contributed by atoms with E-state index in [0.29, 0.717) is 56.3 Å². The lowest BCUT2D eigenvalue weighted by Crippen LogP contribution is -2.39. The van der Waals surface area contributed by atoms with Gasteiger partial charge in [-0.05, 0) is 51.3 Å². The van der Waals surface area contributed by atoms with Gasteiger partial charge in [-0.15, -0.1) is 11.3 Å². The van der Waals surface area contributed by atoms with Crippen molar-refractivity contribution in [3.63, 3.8) is 0 Å². The van der Waals surface area contributed by atoms with Crippen LogP contribution in [0.25, 0.3) is 10.2 Å². The Labute approximate surface area is 207 Å². The molecular formula is C25H28N4O5S. The van der Waals surface area contributed by atoms with Crippen LogP contribution in [0.5, 0.6) is 11.5 Å². The quantitative estimate of drug-likeness (QED) is 0.531. The van der Waals surface area contributed by atoms with Crippen molar-refractivity contribution in [1.29, 1.82) is 0 Å². The number of thiophene rings is 1. The SMILES string of the molecule is Cc1sc2ncnc(N3CCC(C(=O)O[C@H](C)C(=O)Nc4ccc5c(c4)OCCO5)CC3)c2c1C. The summed E-state index contributed by atoms with van der Waals surface area (Å²) < 4.78 is 16.6. The molecule has 2 aliphatic heterocycles. The summed E-state index contributed by atoms with van der Waals surface area (Å²) in [6.45, 7) is 8.13. The molecule has 1 atom stereocenters. The number of nitrogens with zero attached hydrogens (tertiary/aromatic N) is 3. The Hall–Kier alpha value is -3.40. The van der Waals surface area contributed by atoms with Crippen LogP contribution in [-0.2, 0) is 14.3 Å². The molecule has 35 heavy (non-hydrogen) atoms. The number of piperidine rings is 1. The maximum absolute atomic E-state index is 12.8. The van der Waals surface area contributed by atoms with E-state index in [1.165, 1.54) is 10.4 Å². The van der Waals surface area contributed by atoms with Gasteiger partial charge in [-0.2, -0.15) is 0 Å². The normalized spacial score (nSPS) is 16.7. The highest BCUT2D eigenvalue weighted by Gasteiger charge is 2.30. The molecule has 1 amide bonds. The second kappa shape index (κ2) is 9.69. The Bertz CT molecular complexity index is 1270. The van der Waals surface area contributed by atoms with Crippen LogP contribution in [0, 0.1) is 19.8 Å². The van der Waals surface area contributed by atoms with Gasteiger partial charge >= 0.3 is 5.97 Å². The summed E-state index contributed by atoms with van der Waals surface area (Å²) >= 11 is 1.68. The molecule has 1 aromatic carbocycles. The second-order valence-corrected chi connectivity index (χ2v) is 10.1. The Morgan fingerprint density at radius 2 is 1.89 bits per heavy atom. The summed E-state index contributed by atoms with van der Waals surface area (Å²) in [4.78, 5) is 38.8. The number of anilines is 2. The lowest BCUT2D eigenvalue weighted by atomic mass is 9.96. The first-order valence-electron chi connectivity index (χ1n) is 11.8. The lowest BCUT2D eigenvalue weighted by molar-refractivity contribution is -0.157. The predicted molar refractivity (Wildman–Crippen MR) is 133 cm³/mol. The molecule has 10 heteroatoms. The fraction of sp³-hybridized carbons (Fsp3) is 0.440. The van der Waals surface area contributed by atoms with Gasteiger partial charge in [0.05, 0.1) is 11.3 Å². The molecule has 0 spiro atoms. The fourth-order valence-electron chi connectivity index (χ4n) is 4.42. The Morgan fingerprint density at radius 3 is 2.66 bits per heavy atom. The lowest BCUT2D eigenvalue weighted by Gasteiger charge is -2.32. The number of amides is 1. The molecule has 0 unspecified atom stereocenters. The highest BCUT2D eigenvalue weighted by Crippen LogP contribution is 2.36. The van der Waals surface area contributed by atoms with Crippen LogP contribution in [0.2, 0.25) is 0 Å². The molecule has 9 nitrogen and oxygen atoms in total. The molecule has 1 N–H and O–H groups in total. The van der Waals surface area contributed by atoms with Gasteiger partial charge in [0.2, 0.25) is 0 Å². The predicted octanol–water partition coefficient (Wildman–Crippen LogP) is 3.87. The minimum absolute atomic E-state index is 0.251. The molecular weight excluding hydrogens is 468 g/mol. The number of hydrogen-bond acceptors (Lipinski definition) is 9. The van der Waals surface area contributed by atoms with Crippen LogP contribution >= 0.6 is 11.3 Å². The van der Waals surface area contributed by atoms with E-state index in [0.717, 1.165) is 16.0 Å². The van der Waals surface area contributed by atoms with Crippen molar-refractivity contribution in [3.05, 3.63) is 35.0 Å². The van der Waals surface area contributed by atoms with Crippen LogP contribution in [0.15, 0.2) is 24.5 Å². The molecule has 1 saturated heterocycles. The number of esters is 1. The topological polar surface area (TPSA) is 103 Å². The van der Waals surface area contributed by atoms with Crippen molar-refractivity contribution in [2.24, 2.45) is 5.92 Å². The minimum Gasteiger partial charge on any atom is -0.486 e. The molecule has 2 aromatic heterocycles. The summed E-state index contributed by atoms with van der Waals surface area (Å²) in [7, 11) is 0. The molecule has 0 saturated carbocycles. The van der Waals surface area contributed by atoms with E-state index in [2.05, 4.69) is 34.0 Å². The van der Waals surface area contributed by atoms with Crippen LogP contribution < -0.4 is 19.7 Å². The smallest absolute Gasteiger partial charge is 0.309 e. The van der Waals surface area contributed by atoms with E-state index in [4.69, 9.17) is 14.2 Å². The highest BCUT2D eigenvalue weighted by molar-refractivity contribution is 7.18. The summed E-state index contributed by atoms with van der Waals surface area (Å²) in [6, 6.07) is 5.19.